The second-order valence-corrected chi connectivity index (χ2v) is 3.69. The first-order valence-corrected chi connectivity index (χ1v) is 4.67. The maximum Gasteiger partial charge on any atom is -0.0225 e. The SMILES string of the molecule is C=CC1CC(C=C)CC(C=C)C1. The quantitative estimate of drug-likeness (QED) is 0.556. The molecular weight excluding hydrogens is 144 g/mol. The third kappa shape index (κ3) is 2.10. The molecule has 0 aromatic rings. The fourth-order valence-corrected chi connectivity index (χ4v) is 2.03. The fourth-order valence-electron chi connectivity index (χ4n) is 2.03. The van der Waals surface area contributed by atoms with Gasteiger partial charge in [-0.25, -0.2) is 0 Å². The molecule has 0 unspecified atom stereocenters. The Bertz CT molecular complexity index is 139. The van der Waals surface area contributed by atoms with Gasteiger partial charge in [-0.05, 0) is 37.0 Å². The van der Waals surface area contributed by atoms with Gasteiger partial charge in [-0.15, -0.1) is 19.7 Å². The summed E-state index contributed by atoms with van der Waals surface area (Å²) in [6.07, 6.45) is 9.93. The largest absolute Gasteiger partial charge is 0.103 e. The first-order valence-electron chi connectivity index (χ1n) is 4.67. The van der Waals surface area contributed by atoms with Crippen molar-refractivity contribution in [3.05, 3.63) is 38.0 Å². The maximum absolute atomic E-state index is 3.85. The number of hydrogen-bond donors (Lipinski definition) is 0. The molecule has 0 radical (unpaired) electrons. The molecule has 1 saturated carbocycles. The Labute approximate surface area is 75.7 Å². The van der Waals surface area contributed by atoms with Gasteiger partial charge in [-0.2, -0.15) is 0 Å². The summed E-state index contributed by atoms with van der Waals surface area (Å²) >= 11 is 0. The minimum atomic E-state index is 0.671. The van der Waals surface area contributed by atoms with Crippen molar-refractivity contribution in [1.82, 2.24) is 0 Å². The van der Waals surface area contributed by atoms with Crippen LogP contribution in [0.25, 0.3) is 0 Å². The third-order valence-electron chi connectivity index (χ3n) is 2.82. The Hall–Kier alpha value is -0.780. The van der Waals surface area contributed by atoms with Crippen molar-refractivity contribution in [2.24, 2.45) is 17.8 Å². The minimum absolute atomic E-state index is 0.671. The normalized spacial score (nSPS) is 35.5. The van der Waals surface area contributed by atoms with Gasteiger partial charge in [0.2, 0.25) is 0 Å². The van der Waals surface area contributed by atoms with Gasteiger partial charge in [0.15, 0.2) is 0 Å². The van der Waals surface area contributed by atoms with Crippen LogP contribution in [0.1, 0.15) is 19.3 Å². The molecule has 66 valence electrons. The monoisotopic (exact) mass is 162 g/mol. The van der Waals surface area contributed by atoms with Gasteiger partial charge in [0, 0.05) is 0 Å². The predicted molar refractivity (Wildman–Crippen MR) is 54.9 cm³/mol. The van der Waals surface area contributed by atoms with Crippen LogP contribution in [-0.4, -0.2) is 0 Å². The molecule has 1 rings (SSSR count). The molecule has 0 aromatic carbocycles. The molecule has 12 heavy (non-hydrogen) atoms. The third-order valence-corrected chi connectivity index (χ3v) is 2.82. The number of hydrogen-bond acceptors (Lipinski definition) is 0. The van der Waals surface area contributed by atoms with E-state index in [0.29, 0.717) is 17.8 Å². The zero-order valence-electron chi connectivity index (χ0n) is 7.71. The van der Waals surface area contributed by atoms with E-state index >= 15 is 0 Å². The molecule has 1 aliphatic carbocycles. The molecule has 0 saturated heterocycles. The van der Waals surface area contributed by atoms with Crippen LogP contribution in [-0.2, 0) is 0 Å². The maximum atomic E-state index is 3.85. The number of allylic oxidation sites excluding steroid dienone is 3. The van der Waals surface area contributed by atoms with E-state index in [9.17, 15) is 0 Å². The van der Waals surface area contributed by atoms with Gasteiger partial charge in [-0.1, -0.05) is 18.2 Å². The molecule has 0 aromatic heterocycles. The van der Waals surface area contributed by atoms with Gasteiger partial charge in [0.1, 0.15) is 0 Å². The molecule has 0 N–H and O–H groups in total. The van der Waals surface area contributed by atoms with Crippen molar-refractivity contribution in [1.29, 1.82) is 0 Å². The highest BCUT2D eigenvalue weighted by molar-refractivity contribution is 4.97. The van der Waals surface area contributed by atoms with Gasteiger partial charge >= 0.3 is 0 Å². The molecule has 1 fully saturated rings. The Morgan fingerprint density at radius 3 is 1.08 bits per heavy atom. The average molecular weight is 162 g/mol. The average Bonchev–Trinajstić information content (AvgIpc) is 2.16. The minimum Gasteiger partial charge on any atom is -0.103 e. The van der Waals surface area contributed by atoms with Gasteiger partial charge in [0.25, 0.3) is 0 Å². The fraction of sp³-hybridized carbons (Fsp3) is 0.500. The van der Waals surface area contributed by atoms with Crippen molar-refractivity contribution in [2.45, 2.75) is 19.3 Å². The lowest BCUT2D eigenvalue weighted by atomic mass is 9.75. The van der Waals surface area contributed by atoms with Gasteiger partial charge < -0.3 is 0 Å². The number of rotatable bonds is 3. The van der Waals surface area contributed by atoms with E-state index in [2.05, 4.69) is 38.0 Å². The highest BCUT2D eigenvalue weighted by Gasteiger charge is 2.23. The van der Waals surface area contributed by atoms with Crippen LogP contribution in [0.5, 0.6) is 0 Å². The van der Waals surface area contributed by atoms with E-state index < -0.39 is 0 Å². The molecule has 0 heterocycles. The van der Waals surface area contributed by atoms with E-state index in [4.69, 9.17) is 0 Å². The van der Waals surface area contributed by atoms with Crippen molar-refractivity contribution in [3.8, 4) is 0 Å². The molecule has 0 bridgehead atoms. The summed E-state index contributed by atoms with van der Waals surface area (Å²) in [4.78, 5) is 0. The van der Waals surface area contributed by atoms with Crippen LogP contribution < -0.4 is 0 Å². The summed E-state index contributed by atoms with van der Waals surface area (Å²) in [7, 11) is 0. The van der Waals surface area contributed by atoms with E-state index in [1.807, 2.05) is 0 Å². The highest BCUT2D eigenvalue weighted by atomic mass is 14.3. The van der Waals surface area contributed by atoms with Crippen LogP contribution in [0.2, 0.25) is 0 Å². The summed E-state index contributed by atoms with van der Waals surface area (Å²) < 4.78 is 0. The molecular formula is C12H18. The Balaban J connectivity index is 2.57. The topological polar surface area (TPSA) is 0 Å². The van der Waals surface area contributed by atoms with Crippen molar-refractivity contribution in [2.75, 3.05) is 0 Å². The van der Waals surface area contributed by atoms with Crippen LogP contribution in [0.4, 0.5) is 0 Å². The van der Waals surface area contributed by atoms with E-state index in [1.165, 1.54) is 19.3 Å². The molecule has 0 atom stereocenters. The smallest absolute Gasteiger partial charge is 0.0225 e. The second-order valence-electron chi connectivity index (χ2n) is 3.69. The van der Waals surface area contributed by atoms with Gasteiger partial charge in [0.05, 0.1) is 0 Å². The summed E-state index contributed by atoms with van der Waals surface area (Å²) in [5.41, 5.74) is 0. The van der Waals surface area contributed by atoms with Crippen molar-refractivity contribution >= 4 is 0 Å². The van der Waals surface area contributed by atoms with E-state index in [1.54, 1.807) is 0 Å². The highest BCUT2D eigenvalue weighted by Crippen LogP contribution is 2.34. The first-order chi connectivity index (χ1) is 5.80. The van der Waals surface area contributed by atoms with Crippen LogP contribution in [0.15, 0.2) is 38.0 Å². The Kier molecular flexibility index (Phi) is 3.33. The lowest BCUT2D eigenvalue weighted by molar-refractivity contribution is 0.296. The first kappa shape index (κ1) is 9.31. The predicted octanol–water partition coefficient (Wildman–Crippen LogP) is 3.58. The van der Waals surface area contributed by atoms with Gasteiger partial charge in [-0.3, -0.25) is 0 Å². The second kappa shape index (κ2) is 4.30. The molecule has 0 spiro atoms. The summed E-state index contributed by atoms with van der Waals surface area (Å²) in [6.45, 7) is 11.6. The van der Waals surface area contributed by atoms with Crippen LogP contribution in [0.3, 0.4) is 0 Å². The Morgan fingerprint density at radius 2 is 0.917 bits per heavy atom. The lowest BCUT2D eigenvalue weighted by Crippen LogP contribution is -2.19. The molecule has 0 nitrogen and oxygen atoms in total. The summed E-state index contributed by atoms with van der Waals surface area (Å²) in [5.74, 6) is 2.01. The molecule has 0 heteroatoms. The Morgan fingerprint density at radius 1 is 0.667 bits per heavy atom. The standard InChI is InChI=1S/C12H18/c1-4-10-7-11(5-2)9-12(6-3)8-10/h4-6,10-12H,1-3,7-9H2. The zero-order chi connectivity index (χ0) is 8.97. The van der Waals surface area contributed by atoms with E-state index in [0.717, 1.165) is 0 Å². The molecule has 0 amide bonds. The van der Waals surface area contributed by atoms with Crippen LogP contribution >= 0.6 is 0 Å². The molecule has 0 aliphatic heterocycles. The van der Waals surface area contributed by atoms with Crippen molar-refractivity contribution in [3.63, 3.8) is 0 Å². The lowest BCUT2D eigenvalue weighted by Gasteiger charge is -2.30. The van der Waals surface area contributed by atoms with Crippen molar-refractivity contribution < 1.29 is 0 Å². The van der Waals surface area contributed by atoms with Crippen LogP contribution in [0, 0.1) is 17.8 Å². The molecule has 1 aliphatic rings. The summed E-state index contributed by atoms with van der Waals surface area (Å²) in [5, 5.41) is 0. The van der Waals surface area contributed by atoms with E-state index in [-0.39, 0.29) is 0 Å². The summed E-state index contributed by atoms with van der Waals surface area (Å²) in [6, 6.07) is 0. The zero-order valence-corrected chi connectivity index (χ0v) is 7.71.